The molecule has 0 fully saturated rings. The Morgan fingerprint density at radius 1 is 1.38 bits per heavy atom. The minimum absolute atomic E-state index is 0.0279. The predicted molar refractivity (Wildman–Crippen MR) is 83.1 cm³/mol. The molecule has 0 unspecified atom stereocenters. The van der Waals surface area contributed by atoms with Gasteiger partial charge in [0.2, 0.25) is 5.91 Å². The Kier molecular flexibility index (Phi) is 6.49. The molecule has 0 spiro atoms. The first-order valence-corrected chi connectivity index (χ1v) is 8.09. The molecular weight excluding hydrogens is 310 g/mol. The molecule has 0 aliphatic rings. The Morgan fingerprint density at radius 3 is 3.00 bits per heavy atom. The fourth-order valence-corrected chi connectivity index (χ4v) is 2.83. The van der Waals surface area contributed by atoms with Crippen molar-refractivity contribution in [2.45, 2.75) is 18.6 Å². The van der Waals surface area contributed by atoms with Gasteiger partial charge in [-0.1, -0.05) is 35.0 Å². The van der Waals surface area contributed by atoms with E-state index in [4.69, 9.17) is 11.6 Å². The van der Waals surface area contributed by atoms with Crippen LogP contribution in [0.1, 0.15) is 17.8 Å². The van der Waals surface area contributed by atoms with Crippen LogP contribution in [0.3, 0.4) is 0 Å². The number of rotatable bonds is 8. The van der Waals surface area contributed by atoms with Gasteiger partial charge in [0.05, 0.1) is 5.75 Å². The lowest BCUT2D eigenvalue weighted by Crippen LogP contribution is -2.26. The van der Waals surface area contributed by atoms with Crippen LogP contribution in [0.15, 0.2) is 24.3 Å². The molecule has 1 amide bonds. The van der Waals surface area contributed by atoms with Crippen molar-refractivity contribution in [3.8, 4) is 0 Å². The number of thioether (sulfide) groups is 1. The maximum absolute atomic E-state index is 11.7. The molecule has 0 atom stereocenters. The van der Waals surface area contributed by atoms with E-state index >= 15 is 0 Å². The second-order valence-electron chi connectivity index (χ2n) is 4.37. The Hall–Kier alpha value is -1.60. The van der Waals surface area contributed by atoms with E-state index in [2.05, 4.69) is 25.9 Å². The first kappa shape index (κ1) is 15.8. The van der Waals surface area contributed by atoms with Gasteiger partial charge in [-0.3, -0.25) is 4.79 Å². The first-order chi connectivity index (χ1) is 10.3. The number of nitrogens with zero attached hydrogens (tertiary/aromatic N) is 3. The van der Waals surface area contributed by atoms with Gasteiger partial charge in [-0.05, 0) is 18.1 Å². The van der Waals surface area contributed by atoms with Crippen molar-refractivity contribution in [1.82, 2.24) is 25.9 Å². The van der Waals surface area contributed by atoms with Gasteiger partial charge in [0.25, 0.3) is 0 Å². The Morgan fingerprint density at radius 2 is 2.24 bits per heavy atom. The van der Waals surface area contributed by atoms with E-state index in [-0.39, 0.29) is 5.91 Å². The highest BCUT2D eigenvalue weighted by atomic mass is 35.5. The van der Waals surface area contributed by atoms with Crippen LogP contribution in [-0.2, 0) is 17.0 Å². The van der Waals surface area contributed by atoms with Crippen molar-refractivity contribution in [3.05, 3.63) is 40.7 Å². The maximum Gasteiger partial charge on any atom is 0.230 e. The molecule has 6 nitrogen and oxygen atoms in total. The summed E-state index contributed by atoms with van der Waals surface area (Å²) >= 11 is 7.61. The van der Waals surface area contributed by atoms with Gasteiger partial charge in [0.1, 0.15) is 0 Å². The van der Waals surface area contributed by atoms with Gasteiger partial charge in [-0.25, -0.2) is 0 Å². The molecule has 8 heteroatoms. The number of H-pyrrole nitrogens is 1. The summed E-state index contributed by atoms with van der Waals surface area (Å²) in [6, 6.07) is 7.67. The average Bonchev–Trinajstić information content (AvgIpc) is 2.99. The molecule has 0 aliphatic carbocycles. The first-order valence-electron chi connectivity index (χ1n) is 6.56. The largest absolute Gasteiger partial charge is 0.355 e. The third-order valence-corrected chi connectivity index (χ3v) is 4.09. The number of hydrogen-bond donors (Lipinski definition) is 2. The van der Waals surface area contributed by atoms with E-state index < -0.39 is 0 Å². The van der Waals surface area contributed by atoms with E-state index in [0.717, 1.165) is 22.8 Å². The van der Waals surface area contributed by atoms with E-state index in [1.807, 2.05) is 24.3 Å². The van der Waals surface area contributed by atoms with E-state index in [1.54, 1.807) is 11.8 Å². The van der Waals surface area contributed by atoms with E-state index in [0.29, 0.717) is 24.5 Å². The van der Waals surface area contributed by atoms with Gasteiger partial charge >= 0.3 is 0 Å². The normalized spacial score (nSPS) is 10.5. The topological polar surface area (TPSA) is 83.6 Å². The summed E-state index contributed by atoms with van der Waals surface area (Å²) in [4.78, 5) is 11.7. The van der Waals surface area contributed by atoms with Crippen molar-refractivity contribution >= 4 is 29.3 Å². The van der Waals surface area contributed by atoms with Crippen LogP contribution in [-0.4, -0.2) is 38.8 Å². The van der Waals surface area contributed by atoms with Crippen LogP contribution in [0.25, 0.3) is 0 Å². The number of hydrogen-bond acceptors (Lipinski definition) is 5. The number of benzene rings is 1. The van der Waals surface area contributed by atoms with Crippen LogP contribution < -0.4 is 5.32 Å². The fraction of sp³-hybridized carbons (Fsp3) is 0.385. The molecule has 0 saturated heterocycles. The minimum Gasteiger partial charge on any atom is -0.355 e. The van der Waals surface area contributed by atoms with Crippen LogP contribution in [0.4, 0.5) is 0 Å². The SMILES string of the molecule is O=C(CSCc1ccccc1Cl)NCCCc1nn[nH]n1. The van der Waals surface area contributed by atoms with Crippen molar-refractivity contribution in [3.63, 3.8) is 0 Å². The molecule has 0 saturated carbocycles. The lowest BCUT2D eigenvalue weighted by Gasteiger charge is -2.05. The summed E-state index contributed by atoms with van der Waals surface area (Å²) in [6.07, 6.45) is 1.49. The van der Waals surface area contributed by atoms with Crippen LogP contribution >= 0.6 is 23.4 Å². The molecule has 1 aromatic heterocycles. The average molecular weight is 326 g/mol. The highest BCUT2D eigenvalue weighted by Gasteiger charge is 2.04. The number of amides is 1. The number of aromatic nitrogens is 4. The molecule has 2 rings (SSSR count). The predicted octanol–water partition coefficient (Wildman–Crippen LogP) is 1.84. The highest BCUT2D eigenvalue weighted by molar-refractivity contribution is 7.99. The summed E-state index contributed by atoms with van der Waals surface area (Å²) in [5.41, 5.74) is 1.05. The van der Waals surface area contributed by atoms with Crippen molar-refractivity contribution in [2.24, 2.45) is 0 Å². The monoisotopic (exact) mass is 325 g/mol. The van der Waals surface area contributed by atoms with Crippen molar-refractivity contribution < 1.29 is 4.79 Å². The molecule has 2 N–H and O–H groups in total. The third kappa shape index (κ3) is 5.73. The number of tetrazole rings is 1. The molecule has 0 radical (unpaired) electrons. The molecule has 1 heterocycles. The third-order valence-electron chi connectivity index (χ3n) is 2.74. The standard InChI is InChI=1S/C13H16ClN5OS/c14-11-5-2-1-4-10(11)8-21-9-13(20)15-7-3-6-12-16-18-19-17-12/h1-2,4-5H,3,6-9H2,(H,15,20)(H,16,17,18,19). The van der Waals surface area contributed by atoms with Gasteiger partial charge in [0, 0.05) is 23.7 Å². The van der Waals surface area contributed by atoms with E-state index in [1.165, 1.54) is 0 Å². The van der Waals surface area contributed by atoms with E-state index in [9.17, 15) is 4.79 Å². The van der Waals surface area contributed by atoms with Crippen LogP contribution in [0, 0.1) is 0 Å². The minimum atomic E-state index is 0.0279. The second kappa shape index (κ2) is 8.63. The van der Waals surface area contributed by atoms with Gasteiger partial charge in [-0.15, -0.1) is 22.0 Å². The molecular formula is C13H16ClN5OS. The molecule has 1 aromatic carbocycles. The number of carbonyl (C=O) groups excluding carboxylic acids is 1. The van der Waals surface area contributed by atoms with Gasteiger partial charge in [-0.2, -0.15) is 5.21 Å². The van der Waals surface area contributed by atoms with Gasteiger partial charge in [0.15, 0.2) is 5.82 Å². The fourth-order valence-electron chi connectivity index (χ4n) is 1.68. The lowest BCUT2D eigenvalue weighted by atomic mass is 10.2. The number of aryl methyl sites for hydroxylation is 1. The van der Waals surface area contributed by atoms with Crippen molar-refractivity contribution in [2.75, 3.05) is 12.3 Å². The highest BCUT2D eigenvalue weighted by Crippen LogP contribution is 2.20. The molecule has 0 bridgehead atoms. The molecule has 21 heavy (non-hydrogen) atoms. The zero-order chi connectivity index (χ0) is 14.9. The summed E-state index contributed by atoms with van der Waals surface area (Å²) in [7, 11) is 0. The quantitative estimate of drug-likeness (QED) is 0.723. The Bertz CT molecular complexity index is 563. The van der Waals surface area contributed by atoms with Gasteiger partial charge < -0.3 is 5.32 Å². The van der Waals surface area contributed by atoms with Crippen molar-refractivity contribution in [1.29, 1.82) is 0 Å². The molecule has 0 aliphatic heterocycles. The Balaban J connectivity index is 1.56. The summed E-state index contributed by atoms with van der Waals surface area (Å²) < 4.78 is 0. The Labute approximate surface area is 132 Å². The zero-order valence-electron chi connectivity index (χ0n) is 11.4. The molecule has 112 valence electrons. The summed E-state index contributed by atoms with van der Waals surface area (Å²) in [5.74, 6) is 1.85. The lowest BCUT2D eigenvalue weighted by molar-refractivity contribution is -0.118. The summed E-state index contributed by atoms with van der Waals surface area (Å²) in [6.45, 7) is 0.611. The zero-order valence-corrected chi connectivity index (χ0v) is 13.0. The smallest absolute Gasteiger partial charge is 0.230 e. The molecule has 2 aromatic rings. The maximum atomic E-state index is 11.7. The number of halogens is 1. The van der Waals surface area contributed by atoms with Crippen LogP contribution in [0.5, 0.6) is 0 Å². The summed E-state index contributed by atoms with van der Waals surface area (Å²) in [5, 5.41) is 17.2. The second-order valence-corrected chi connectivity index (χ2v) is 5.76. The number of nitrogens with one attached hydrogen (secondary N) is 2. The number of carbonyl (C=O) groups is 1. The van der Waals surface area contributed by atoms with Crippen LogP contribution in [0.2, 0.25) is 5.02 Å². The number of aromatic amines is 1.